The molecule has 1 amide bonds. The molecule has 112 valence electrons. The third kappa shape index (κ3) is 2.40. The number of fused-ring (bicyclic) bond motifs is 1. The second-order valence-corrected chi connectivity index (χ2v) is 6.24. The van der Waals surface area contributed by atoms with Crippen LogP contribution in [0.5, 0.6) is 0 Å². The summed E-state index contributed by atoms with van der Waals surface area (Å²) >= 11 is 1.69. The van der Waals surface area contributed by atoms with Crippen molar-refractivity contribution in [3.8, 4) is 0 Å². The fourth-order valence-corrected chi connectivity index (χ4v) is 3.02. The SMILES string of the molecule is N[C@H]1CN(C(=O)c2cc3cc(I)c(F)c(F)c3[nH]2)C[C@@H]1O. The highest BCUT2D eigenvalue weighted by Crippen LogP contribution is 2.26. The number of rotatable bonds is 1. The fraction of sp³-hybridized carbons (Fsp3) is 0.308. The molecule has 1 saturated heterocycles. The van der Waals surface area contributed by atoms with E-state index in [-0.39, 0.29) is 27.9 Å². The lowest BCUT2D eigenvalue weighted by atomic mass is 10.2. The number of carbonyl (C=O) groups is 1. The van der Waals surface area contributed by atoms with Gasteiger partial charge in [0.15, 0.2) is 11.6 Å². The van der Waals surface area contributed by atoms with Crippen LogP contribution in [0.25, 0.3) is 10.9 Å². The minimum Gasteiger partial charge on any atom is -0.390 e. The van der Waals surface area contributed by atoms with Crippen LogP contribution in [0.4, 0.5) is 8.78 Å². The number of β-amino-alcohol motifs (C(OH)–C–C–N with tert-alkyl or cyclic N) is 1. The van der Waals surface area contributed by atoms with Gasteiger partial charge in [-0.05, 0) is 34.7 Å². The number of nitrogens with two attached hydrogens (primary N) is 1. The molecule has 1 aliphatic rings. The molecule has 21 heavy (non-hydrogen) atoms. The lowest BCUT2D eigenvalue weighted by Gasteiger charge is -2.13. The van der Waals surface area contributed by atoms with Crippen LogP contribution in [0.3, 0.4) is 0 Å². The van der Waals surface area contributed by atoms with E-state index in [9.17, 15) is 18.7 Å². The summed E-state index contributed by atoms with van der Waals surface area (Å²) < 4.78 is 27.5. The highest BCUT2D eigenvalue weighted by molar-refractivity contribution is 14.1. The number of benzene rings is 1. The third-order valence-electron chi connectivity index (χ3n) is 3.60. The van der Waals surface area contributed by atoms with Crippen LogP contribution >= 0.6 is 22.6 Å². The van der Waals surface area contributed by atoms with Gasteiger partial charge in [0.1, 0.15) is 5.69 Å². The minimum atomic E-state index is -1.01. The Labute approximate surface area is 132 Å². The van der Waals surface area contributed by atoms with Gasteiger partial charge < -0.3 is 20.7 Å². The third-order valence-corrected chi connectivity index (χ3v) is 4.39. The molecule has 4 N–H and O–H groups in total. The first-order valence-corrected chi connectivity index (χ1v) is 7.35. The molecule has 0 aliphatic carbocycles. The van der Waals surface area contributed by atoms with Crippen molar-refractivity contribution < 1.29 is 18.7 Å². The lowest BCUT2D eigenvalue weighted by Crippen LogP contribution is -2.33. The van der Waals surface area contributed by atoms with Gasteiger partial charge >= 0.3 is 0 Å². The summed E-state index contributed by atoms with van der Waals surface area (Å²) in [4.78, 5) is 16.3. The molecule has 0 unspecified atom stereocenters. The van der Waals surface area contributed by atoms with Crippen LogP contribution in [-0.4, -0.2) is 46.1 Å². The van der Waals surface area contributed by atoms with Crippen LogP contribution in [0.2, 0.25) is 0 Å². The van der Waals surface area contributed by atoms with Gasteiger partial charge in [-0.1, -0.05) is 0 Å². The maximum absolute atomic E-state index is 13.8. The zero-order chi connectivity index (χ0) is 15.3. The van der Waals surface area contributed by atoms with Crippen molar-refractivity contribution in [1.82, 2.24) is 9.88 Å². The first kappa shape index (κ1) is 14.7. The van der Waals surface area contributed by atoms with Gasteiger partial charge in [-0.2, -0.15) is 0 Å². The Balaban J connectivity index is 1.98. The molecular formula is C13H12F2IN3O2. The number of amides is 1. The number of carbonyl (C=O) groups excluding carboxylic acids is 1. The average molecular weight is 407 g/mol. The van der Waals surface area contributed by atoms with Gasteiger partial charge in [-0.25, -0.2) is 8.78 Å². The fourth-order valence-electron chi connectivity index (χ4n) is 2.44. The highest BCUT2D eigenvalue weighted by Gasteiger charge is 2.32. The maximum atomic E-state index is 13.8. The Morgan fingerprint density at radius 3 is 2.71 bits per heavy atom. The van der Waals surface area contributed by atoms with E-state index < -0.39 is 29.7 Å². The molecule has 1 aliphatic heterocycles. The number of hydrogen-bond acceptors (Lipinski definition) is 3. The largest absolute Gasteiger partial charge is 0.390 e. The van der Waals surface area contributed by atoms with Gasteiger partial charge in [-0.15, -0.1) is 0 Å². The Morgan fingerprint density at radius 1 is 1.38 bits per heavy atom. The normalized spacial score (nSPS) is 22.2. The monoisotopic (exact) mass is 407 g/mol. The van der Waals surface area contributed by atoms with Gasteiger partial charge in [-0.3, -0.25) is 4.79 Å². The summed E-state index contributed by atoms with van der Waals surface area (Å²) in [5.41, 5.74) is 5.76. The molecule has 0 spiro atoms. The molecule has 1 aromatic carbocycles. The topological polar surface area (TPSA) is 82.3 Å². The summed E-state index contributed by atoms with van der Waals surface area (Å²) in [6, 6.07) is 2.44. The molecule has 1 fully saturated rings. The molecule has 5 nitrogen and oxygen atoms in total. The Morgan fingerprint density at radius 2 is 2.10 bits per heavy atom. The maximum Gasteiger partial charge on any atom is 0.270 e. The number of H-pyrrole nitrogens is 1. The Kier molecular flexibility index (Phi) is 3.62. The van der Waals surface area contributed by atoms with Gasteiger partial charge in [0.05, 0.1) is 15.2 Å². The van der Waals surface area contributed by atoms with E-state index in [1.165, 1.54) is 17.0 Å². The first-order chi connectivity index (χ1) is 9.88. The van der Waals surface area contributed by atoms with Crippen molar-refractivity contribution in [2.45, 2.75) is 12.1 Å². The van der Waals surface area contributed by atoms with Crippen LogP contribution in [0.1, 0.15) is 10.5 Å². The molecule has 2 atom stereocenters. The number of nitrogens with zero attached hydrogens (tertiary/aromatic N) is 1. The van der Waals surface area contributed by atoms with Crippen LogP contribution < -0.4 is 5.73 Å². The van der Waals surface area contributed by atoms with Gasteiger partial charge in [0.25, 0.3) is 5.91 Å². The molecule has 0 radical (unpaired) electrons. The van der Waals surface area contributed by atoms with E-state index in [1.54, 1.807) is 22.6 Å². The van der Waals surface area contributed by atoms with Crippen molar-refractivity contribution in [3.05, 3.63) is 33.0 Å². The van der Waals surface area contributed by atoms with E-state index in [0.29, 0.717) is 5.39 Å². The van der Waals surface area contributed by atoms with E-state index in [1.807, 2.05) is 0 Å². The molecule has 0 bridgehead atoms. The molecular weight excluding hydrogens is 395 g/mol. The summed E-state index contributed by atoms with van der Waals surface area (Å²) in [5, 5.41) is 10.0. The quantitative estimate of drug-likeness (QED) is 0.491. The number of aliphatic hydroxyl groups excluding tert-OH is 1. The standard InChI is InChI=1S/C13H12F2IN3O2/c14-10-6(16)1-5-2-8(18-12(5)11(10)15)13(21)19-3-7(17)9(20)4-19/h1-2,7,9,18,20H,3-4,17H2/t7-,9-/m0/s1. The highest BCUT2D eigenvalue weighted by atomic mass is 127. The zero-order valence-corrected chi connectivity index (χ0v) is 12.9. The van der Waals surface area contributed by atoms with Crippen molar-refractivity contribution in [1.29, 1.82) is 0 Å². The molecule has 8 heteroatoms. The number of aromatic nitrogens is 1. The van der Waals surface area contributed by atoms with E-state index in [2.05, 4.69) is 4.98 Å². The predicted octanol–water partition coefficient (Wildman–Crippen LogP) is 1.19. The van der Waals surface area contributed by atoms with E-state index in [4.69, 9.17) is 5.73 Å². The molecule has 0 saturated carbocycles. The van der Waals surface area contributed by atoms with Crippen LogP contribution in [0.15, 0.2) is 12.1 Å². The van der Waals surface area contributed by atoms with E-state index in [0.717, 1.165) is 0 Å². The van der Waals surface area contributed by atoms with Crippen molar-refractivity contribution in [2.24, 2.45) is 5.73 Å². The number of hydrogen-bond donors (Lipinski definition) is 3. The van der Waals surface area contributed by atoms with Crippen LogP contribution in [0, 0.1) is 15.2 Å². The number of aromatic amines is 1. The molecule has 1 aromatic heterocycles. The number of likely N-dealkylation sites (tertiary alicyclic amines) is 1. The molecule has 2 aromatic rings. The number of nitrogens with one attached hydrogen (secondary N) is 1. The number of aliphatic hydroxyl groups is 1. The molecule has 3 rings (SSSR count). The van der Waals surface area contributed by atoms with Crippen molar-refractivity contribution >= 4 is 39.4 Å². The summed E-state index contributed by atoms with van der Waals surface area (Å²) in [5.74, 6) is -2.34. The Bertz CT molecular complexity index is 724. The Hall–Kier alpha value is -1.26. The smallest absolute Gasteiger partial charge is 0.270 e. The lowest BCUT2D eigenvalue weighted by molar-refractivity contribution is 0.0760. The minimum absolute atomic E-state index is 0.0414. The average Bonchev–Trinajstić information content (AvgIpc) is 3.00. The zero-order valence-electron chi connectivity index (χ0n) is 10.7. The van der Waals surface area contributed by atoms with Gasteiger partial charge in [0.2, 0.25) is 0 Å². The second kappa shape index (κ2) is 5.18. The summed E-state index contributed by atoms with van der Waals surface area (Å²) in [7, 11) is 0. The van der Waals surface area contributed by atoms with Crippen LogP contribution in [-0.2, 0) is 0 Å². The predicted molar refractivity (Wildman–Crippen MR) is 80.8 cm³/mol. The van der Waals surface area contributed by atoms with Crippen molar-refractivity contribution in [2.75, 3.05) is 13.1 Å². The first-order valence-electron chi connectivity index (χ1n) is 6.27. The van der Waals surface area contributed by atoms with Gasteiger partial charge in [0, 0.05) is 24.5 Å². The molecule has 2 heterocycles. The summed E-state index contributed by atoms with van der Waals surface area (Å²) in [6.07, 6.45) is -0.770. The van der Waals surface area contributed by atoms with Crippen molar-refractivity contribution in [3.63, 3.8) is 0 Å². The summed E-state index contributed by atoms with van der Waals surface area (Å²) in [6.45, 7) is 0.355. The van der Waals surface area contributed by atoms with E-state index >= 15 is 0 Å². The number of halogens is 3. The second-order valence-electron chi connectivity index (χ2n) is 5.07.